The molecule has 1 saturated carbocycles. The van der Waals surface area contributed by atoms with Crippen molar-refractivity contribution in [1.29, 1.82) is 0 Å². The molecule has 0 amide bonds. The van der Waals surface area contributed by atoms with Crippen LogP contribution in [-0.4, -0.2) is 4.98 Å². The van der Waals surface area contributed by atoms with Crippen molar-refractivity contribution in [2.24, 2.45) is 11.7 Å². The van der Waals surface area contributed by atoms with Gasteiger partial charge in [-0.15, -0.1) is 11.3 Å². The van der Waals surface area contributed by atoms with Crippen LogP contribution in [0.3, 0.4) is 0 Å². The van der Waals surface area contributed by atoms with Gasteiger partial charge in [-0.25, -0.2) is 4.98 Å². The van der Waals surface area contributed by atoms with Crippen LogP contribution in [-0.2, 0) is 12.7 Å². The maximum Gasteiger partial charge on any atom is 0.434 e. The molecule has 20 heavy (non-hydrogen) atoms. The molecule has 2 rings (SSSR count). The van der Waals surface area contributed by atoms with Crippen LogP contribution in [0.2, 0.25) is 0 Å². The molecule has 2 nitrogen and oxygen atoms in total. The van der Waals surface area contributed by atoms with Crippen LogP contribution in [0, 0.1) is 5.92 Å². The molecular formula is C14H21F3N2S. The molecule has 1 aromatic rings. The Balaban J connectivity index is 2.09. The van der Waals surface area contributed by atoms with Crippen LogP contribution in [0.4, 0.5) is 13.2 Å². The lowest BCUT2D eigenvalue weighted by Crippen LogP contribution is -2.14. The first-order valence-corrected chi connectivity index (χ1v) is 8.04. The van der Waals surface area contributed by atoms with Crippen LogP contribution in [0.1, 0.15) is 66.9 Å². The van der Waals surface area contributed by atoms with E-state index in [-0.39, 0.29) is 17.3 Å². The van der Waals surface area contributed by atoms with Gasteiger partial charge >= 0.3 is 6.18 Å². The number of hydrogen-bond acceptors (Lipinski definition) is 3. The SMILES string of the molecule is CCCC1CCC(c2nc(C(F)(F)F)c(CN)s2)CC1. The molecule has 2 N–H and O–H groups in total. The molecule has 114 valence electrons. The molecule has 0 spiro atoms. The Labute approximate surface area is 121 Å². The molecule has 0 radical (unpaired) electrons. The predicted octanol–water partition coefficient (Wildman–Crippen LogP) is 4.69. The van der Waals surface area contributed by atoms with Gasteiger partial charge in [0.1, 0.15) is 0 Å². The fourth-order valence-electron chi connectivity index (χ4n) is 3.01. The maximum atomic E-state index is 12.9. The van der Waals surface area contributed by atoms with Crippen molar-refractivity contribution in [3.05, 3.63) is 15.6 Å². The minimum Gasteiger partial charge on any atom is -0.326 e. The summed E-state index contributed by atoms with van der Waals surface area (Å²) in [5.41, 5.74) is 4.65. The summed E-state index contributed by atoms with van der Waals surface area (Å²) in [6.07, 6.45) is 2.16. The van der Waals surface area contributed by atoms with Crippen LogP contribution >= 0.6 is 11.3 Å². The molecular weight excluding hydrogens is 285 g/mol. The van der Waals surface area contributed by atoms with E-state index >= 15 is 0 Å². The number of thiazole rings is 1. The van der Waals surface area contributed by atoms with Crippen molar-refractivity contribution < 1.29 is 13.2 Å². The van der Waals surface area contributed by atoms with E-state index in [0.29, 0.717) is 5.01 Å². The molecule has 1 fully saturated rings. The average molecular weight is 306 g/mol. The summed E-state index contributed by atoms with van der Waals surface area (Å²) < 4.78 is 38.6. The number of aromatic nitrogens is 1. The lowest BCUT2D eigenvalue weighted by atomic mass is 9.80. The topological polar surface area (TPSA) is 38.9 Å². The van der Waals surface area contributed by atoms with Crippen LogP contribution < -0.4 is 5.73 Å². The van der Waals surface area contributed by atoms with Gasteiger partial charge < -0.3 is 5.73 Å². The molecule has 1 aliphatic rings. The normalized spacial score (nSPS) is 24.1. The zero-order chi connectivity index (χ0) is 14.8. The molecule has 1 aromatic heterocycles. The Kier molecular flexibility index (Phi) is 5.07. The zero-order valence-corrected chi connectivity index (χ0v) is 12.5. The highest BCUT2D eigenvalue weighted by molar-refractivity contribution is 7.11. The van der Waals surface area contributed by atoms with Gasteiger partial charge in [0.25, 0.3) is 0 Å². The molecule has 0 aromatic carbocycles. The van der Waals surface area contributed by atoms with Crippen molar-refractivity contribution in [3.8, 4) is 0 Å². The monoisotopic (exact) mass is 306 g/mol. The third kappa shape index (κ3) is 3.52. The lowest BCUT2D eigenvalue weighted by Gasteiger charge is -2.27. The molecule has 1 heterocycles. The van der Waals surface area contributed by atoms with Crippen molar-refractivity contribution in [1.82, 2.24) is 4.98 Å². The molecule has 0 atom stereocenters. The van der Waals surface area contributed by atoms with Crippen LogP contribution in [0.5, 0.6) is 0 Å². The molecule has 0 saturated heterocycles. The summed E-state index contributed by atoms with van der Waals surface area (Å²) in [5.74, 6) is 0.932. The van der Waals surface area contributed by atoms with E-state index in [4.69, 9.17) is 5.73 Å². The van der Waals surface area contributed by atoms with Gasteiger partial charge in [-0.1, -0.05) is 19.8 Å². The fraction of sp³-hybridized carbons (Fsp3) is 0.786. The number of hydrogen-bond donors (Lipinski definition) is 1. The minimum absolute atomic E-state index is 0.0856. The van der Waals surface area contributed by atoms with Gasteiger partial charge in [0, 0.05) is 12.5 Å². The van der Waals surface area contributed by atoms with Crippen molar-refractivity contribution >= 4 is 11.3 Å². The standard InChI is InChI=1S/C14H21F3N2S/c1-2-3-9-4-6-10(7-5-9)13-19-12(14(15,16)17)11(8-18)20-13/h9-10H,2-8,18H2,1H3. The highest BCUT2D eigenvalue weighted by atomic mass is 32.1. The van der Waals surface area contributed by atoms with Crippen LogP contribution in [0.25, 0.3) is 0 Å². The van der Waals surface area contributed by atoms with Gasteiger partial charge in [-0.2, -0.15) is 13.2 Å². The highest BCUT2D eigenvalue weighted by Gasteiger charge is 2.38. The van der Waals surface area contributed by atoms with Gasteiger partial charge in [-0.05, 0) is 31.6 Å². The smallest absolute Gasteiger partial charge is 0.326 e. The number of alkyl halides is 3. The van der Waals surface area contributed by atoms with Gasteiger partial charge in [0.2, 0.25) is 0 Å². The summed E-state index contributed by atoms with van der Waals surface area (Å²) in [7, 11) is 0. The Morgan fingerprint density at radius 3 is 2.35 bits per heavy atom. The first kappa shape index (κ1) is 15.8. The lowest BCUT2D eigenvalue weighted by molar-refractivity contribution is -0.141. The summed E-state index contributed by atoms with van der Waals surface area (Å²) in [6.45, 7) is 2.09. The number of rotatable bonds is 4. The number of nitrogens with two attached hydrogens (primary N) is 1. The summed E-state index contributed by atoms with van der Waals surface area (Å²) in [5, 5.41) is 0.632. The van der Waals surface area contributed by atoms with Gasteiger partial charge in [-0.3, -0.25) is 0 Å². The third-order valence-corrected chi connectivity index (χ3v) is 5.30. The first-order chi connectivity index (χ1) is 9.45. The molecule has 0 aliphatic heterocycles. The van der Waals surface area contributed by atoms with E-state index < -0.39 is 11.9 Å². The van der Waals surface area contributed by atoms with Crippen molar-refractivity contribution in [2.45, 2.75) is 64.1 Å². The second-order valence-electron chi connectivity index (χ2n) is 5.53. The summed E-state index contributed by atoms with van der Waals surface area (Å²) in [6, 6.07) is 0. The molecule has 6 heteroatoms. The van der Waals surface area contributed by atoms with Gasteiger partial charge in [0.05, 0.1) is 9.88 Å². The second kappa shape index (κ2) is 6.43. The van der Waals surface area contributed by atoms with E-state index in [0.717, 1.165) is 42.9 Å². The summed E-state index contributed by atoms with van der Waals surface area (Å²) >= 11 is 1.15. The number of nitrogens with zero attached hydrogens (tertiary/aromatic N) is 1. The minimum atomic E-state index is -4.39. The Hall–Kier alpha value is -0.620. The Morgan fingerprint density at radius 2 is 1.90 bits per heavy atom. The molecule has 1 aliphatic carbocycles. The van der Waals surface area contributed by atoms with Crippen molar-refractivity contribution in [3.63, 3.8) is 0 Å². The number of halogens is 3. The Bertz CT molecular complexity index is 434. The molecule has 0 unspecified atom stereocenters. The Morgan fingerprint density at radius 1 is 1.25 bits per heavy atom. The van der Waals surface area contributed by atoms with E-state index in [1.54, 1.807) is 0 Å². The van der Waals surface area contributed by atoms with E-state index in [9.17, 15) is 13.2 Å². The average Bonchev–Trinajstić information content (AvgIpc) is 2.84. The summed E-state index contributed by atoms with van der Waals surface area (Å²) in [4.78, 5) is 4.03. The fourth-order valence-corrected chi connectivity index (χ4v) is 4.14. The maximum absolute atomic E-state index is 12.9. The van der Waals surface area contributed by atoms with E-state index in [1.165, 1.54) is 12.8 Å². The van der Waals surface area contributed by atoms with E-state index in [1.807, 2.05) is 0 Å². The van der Waals surface area contributed by atoms with Crippen LogP contribution in [0.15, 0.2) is 0 Å². The first-order valence-electron chi connectivity index (χ1n) is 7.22. The quantitative estimate of drug-likeness (QED) is 0.876. The predicted molar refractivity (Wildman–Crippen MR) is 74.6 cm³/mol. The largest absolute Gasteiger partial charge is 0.434 e. The van der Waals surface area contributed by atoms with E-state index in [2.05, 4.69) is 11.9 Å². The third-order valence-electron chi connectivity index (χ3n) is 4.06. The highest BCUT2D eigenvalue weighted by Crippen LogP contribution is 2.42. The van der Waals surface area contributed by atoms with Gasteiger partial charge in [0.15, 0.2) is 5.69 Å². The van der Waals surface area contributed by atoms with Crippen molar-refractivity contribution in [2.75, 3.05) is 0 Å². The zero-order valence-electron chi connectivity index (χ0n) is 11.7. The molecule has 0 bridgehead atoms. The second-order valence-corrected chi connectivity index (χ2v) is 6.65.